The monoisotopic (exact) mass is 366 g/mol. The van der Waals surface area contributed by atoms with Crippen molar-refractivity contribution in [1.82, 2.24) is 14.5 Å². The summed E-state index contributed by atoms with van der Waals surface area (Å²) in [5.74, 6) is 0.120. The van der Waals surface area contributed by atoms with Crippen molar-refractivity contribution in [2.45, 2.75) is 13.0 Å². The molecule has 2 heterocycles. The topological polar surface area (TPSA) is 41.4 Å². The molecule has 1 atom stereocenters. The van der Waals surface area contributed by atoms with Gasteiger partial charge in [0.2, 0.25) is 0 Å². The van der Waals surface area contributed by atoms with Crippen molar-refractivity contribution in [3.63, 3.8) is 0 Å². The Morgan fingerprint density at radius 3 is 2.67 bits per heavy atom. The SMILES string of the molecule is CC1CN(c2ccc3nc(-c4cccc(F)c4)n(C)c(=O)c3c2)CCN1C. The molecule has 0 aliphatic carbocycles. The Balaban J connectivity index is 1.78. The number of likely N-dealkylation sites (N-methyl/N-ethyl adjacent to an activating group) is 1. The van der Waals surface area contributed by atoms with Crippen molar-refractivity contribution in [1.29, 1.82) is 0 Å². The summed E-state index contributed by atoms with van der Waals surface area (Å²) < 4.78 is 15.1. The summed E-state index contributed by atoms with van der Waals surface area (Å²) in [4.78, 5) is 22.2. The van der Waals surface area contributed by atoms with Gasteiger partial charge in [-0.15, -0.1) is 0 Å². The fourth-order valence-corrected chi connectivity index (χ4v) is 3.62. The van der Waals surface area contributed by atoms with Crippen molar-refractivity contribution in [2.75, 3.05) is 31.6 Å². The largest absolute Gasteiger partial charge is 0.369 e. The molecule has 1 aromatic heterocycles. The molecule has 0 spiro atoms. The molecule has 0 radical (unpaired) electrons. The molecule has 0 saturated carbocycles. The van der Waals surface area contributed by atoms with Crippen LogP contribution in [0.15, 0.2) is 47.3 Å². The lowest BCUT2D eigenvalue weighted by atomic mass is 10.1. The van der Waals surface area contributed by atoms with E-state index in [0.717, 1.165) is 25.3 Å². The number of halogens is 1. The third kappa shape index (κ3) is 3.21. The molecule has 1 aliphatic rings. The first-order chi connectivity index (χ1) is 12.9. The standard InChI is InChI=1S/C21H23FN4O/c1-14-13-26(10-9-24(14)2)17-7-8-19-18(12-17)21(27)25(3)20(23-19)15-5-4-6-16(22)11-15/h4-8,11-12,14H,9-10,13H2,1-3H3. The van der Waals surface area contributed by atoms with Crippen LogP contribution in [0.5, 0.6) is 0 Å². The predicted molar refractivity (Wildman–Crippen MR) is 107 cm³/mol. The first-order valence-corrected chi connectivity index (χ1v) is 9.16. The number of benzene rings is 2. The highest BCUT2D eigenvalue weighted by molar-refractivity contribution is 5.83. The van der Waals surface area contributed by atoms with Gasteiger partial charge in [-0.25, -0.2) is 9.37 Å². The molecule has 1 saturated heterocycles. The lowest BCUT2D eigenvalue weighted by Gasteiger charge is -2.39. The van der Waals surface area contributed by atoms with Crippen LogP contribution in [0.3, 0.4) is 0 Å². The van der Waals surface area contributed by atoms with Crippen LogP contribution in [0, 0.1) is 5.82 Å². The summed E-state index contributed by atoms with van der Waals surface area (Å²) in [6, 6.07) is 12.5. The number of fused-ring (bicyclic) bond motifs is 1. The Hall–Kier alpha value is -2.73. The van der Waals surface area contributed by atoms with E-state index in [1.54, 1.807) is 19.2 Å². The van der Waals surface area contributed by atoms with Gasteiger partial charge in [0.1, 0.15) is 11.6 Å². The molecule has 0 amide bonds. The van der Waals surface area contributed by atoms with Crippen LogP contribution in [0.1, 0.15) is 6.92 Å². The van der Waals surface area contributed by atoms with Crippen LogP contribution in [0.25, 0.3) is 22.3 Å². The highest BCUT2D eigenvalue weighted by Crippen LogP contribution is 2.24. The molecule has 2 aromatic carbocycles. The quantitative estimate of drug-likeness (QED) is 0.699. The highest BCUT2D eigenvalue weighted by Gasteiger charge is 2.21. The molecular weight excluding hydrogens is 343 g/mol. The van der Waals surface area contributed by atoms with E-state index in [2.05, 4.69) is 28.8 Å². The number of anilines is 1. The van der Waals surface area contributed by atoms with Gasteiger partial charge in [0.15, 0.2) is 0 Å². The number of rotatable bonds is 2. The van der Waals surface area contributed by atoms with E-state index < -0.39 is 0 Å². The second kappa shape index (κ2) is 6.78. The van der Waals surface area contributed by atoms with E-state index in [4.69, 9.17) is 0 Å². The number of hydrogen-bond acceptors (Lipinski definition) is 4. The minimum Gasteiger partial charge on any atom is -0.369 e. The van der Waals surface area contributed by atoms with Crippen LogP contribution in [0.2, 0.25) is 0 Å². The summed E-state index contributed by atoms with van der Waals surface area (Å²) in [5.41, 5.74) is 2.14. The zero-order chi connectivity index (χ0) is 19.1. The van der Waals surface area contributed by atoms with Crippen molar-refractivity contribution >= 4 is 16.6 Å². The second-order valence-corrected chi connectivity index (χ2v) is 7.29. The van der Waals surface area contributed by atoms with Gasteiger partial charge >= 0.3 is 0 Å². The first kappa shape index (κ1) is 17.7. The highest BCUT2D eigenvalue weighted by atomic mass is 19.1. The Morgan fingerprint density at radius 2 is 1.93 bits per heavy atom. The fraction of sp³-hybridized carbons (Fsp3) is 0.333. The normalized spacial score (nSPS) is 18.2. The van der Waals surface area contributed by atoms with Gasteiger partial charge in [0, 0.05) is 44.0 Å². The minimum absolute atomic E-state index is 0.122. The molecule has 140 valence electrons. The van der Waals surface area contributed by atoms with E-state index in [-0.39, 0.29) is 11.4 Å². The summed E-state index contributed by atoms with van der Waals surface area (Å²) in [6.45, 7) is 5.06. The molecule has 1 aliphatic heterocycles. The predicted octanol–water partition coefficient (Wildman–Crippen LogP) is 2.88. The van der Waals surface area contributed by atoms with Crippen LogP contribution in [-0.2, 0) is 7.05 Å². The van der Waals surface area contributed by atoms with Crippen molar-refractivity contribution in [2.24, 2.45) is 7.05 Å². The van der Waals surface area contributed by atoms with E-state index in [1.807, 2.05) is 18.2 Å². The van der Waals surface area contributed by atoms with Gasteiger partial charge in [0.25, 0.3) is 5.56 Å². The van der Waals surface area contributed by atoms with Crippen molar-refractivity contribution in [3.05, 3.63) is 58.6 Å². The maximum Gasteiger partial charge on any atom is 0.261 e. The van der Waals surface area contributed by atoms with Crippen LogP contribution in [0.4, 0.5) is 10.1 Å². The third-order valence-electron chi connectivity index (χ3n) is 5.47. The number of piperazine rings is 1. The second-order valence-electron chi connectivity index (χ2n) is 7.29. The van der Waals surface area contributed by atoms with Crippen LogP contribution < -0.4 is 10.5 Å². The molecule has 6 heteroatoms. The van der Waals surface area contributed by atoms with Crippen LogP contribution in [-0.4, -0.2) is 47.2 Å². The van der Waals surface area contributed by atoms with Gasteiger partial charge in [-0.1, -0.05) is 12.1 Å². The molecule has 3 aromatic rings. The maximum absolute atomic E-state index is 13.6. The Kier molecular flexibility index (Phi) is 4.44. The van der Waals surface area contributed by atoms with E-state index in [0.29, 0.717) is 28.3 Å². The molecule has 0 bridgehead atoms. The molecular formula is C21H23FN4O. The van der Waals surface area contributed by atoms with Gasteiger partial charge in [-0.3, -0.25) is 9.36 Å². The van der Waals surface area contributed by atoms with E-state index in [9.17, 15) is 9.18 Å². The molecule has 1 unspecified atom stereocenters. The van der Waals surface area contributed by atoms with Crippen molar-refractivity contribution < 1.29 is 4.39 Å². The molecule has 0 N–H and O–H groups in total. The maximum atomic E-state index is 13.6. The Morgan fingerprint density at radius 1 is 1.11 bits per heavy atom. The molecule has 1 fully saturated rings. The average Bonchev–Trinajstić information content (AvgIpc) is 2.66. The van der Waals surface area contributed by atoms with Gasteiger partial charge in [-0.05, 0) is 44.3 Å². The zero-order valence-corrected chi connectivity index (χ0v) is 15.8. The van der Waals surface area contributed by atoms with Gasteiger partial charge in [-0.2, -0.15) is 0 Å². The lowest BCUT2D eigenvalue weighted by Crippen LogP contribution is -2.50. The van der Waals surface area contributed by atoms with Crippen molar-refractivity contribution in [3.8, 4) is 11.4 Å². The third-order valence-corrected chi connectivity index (χ3v) is 5.47. The Bertz CT molecular complexity index is 1060. The number of nitrogens with zero attached hydrogens (tertiary/aromatic N) is 4. The minimum atomic E-state index is -0.346. The Labute approximate surface area is 157 Å². The number of hydrogen-bond donors (Lipinski definition) is 0. The molecule has 27 heavy (non-hydrogen) atoms. The summed E-state index contributed by atoms with van der Waals surface area (Å²) in [7, 11) is 3.82. The molecule has 4 rings (SSSR count). The number of aromatic nitrogens is 2. The fourth-order valence-electron chi connectivity index (χ4n) is 3.62. The van der Waals surface area contributed by atoms with Gasteiger partial charge < -0.3 is 9.80 Å². The molecule has 5 nitrogen and oxygen atoms in total. The smallest absolute Gasteiger partial charge is 0.261 e. The van der Waals surface area contributed by atoms with E-state index in [1.165, 1.54) is 16.7 Å². The van der Waals surface area contributed by atoms with Gasteiger partial charge in [0.05, 0.1) is 10.9 Å². The summed E-state index contributed by atoms with van der Waals surface area (Å²) in [5, 5.41) is 0.585. The average molecular weight is 366 g/mol. The van der Waals surface area contributed by atoms with Crippen LogP contribution >= 0.6 is 0 Å². The van der Waals surface area contributed by atoms with E-state index >= 15 is 0 Å². The zero-order valence-electron chi connectivity index (χ0n) is 15.8. The first-order valence-electron chi connectivity index (χ1n) is 9.16. The lowest BCUT2D eigenvalue weighted by molar-refractivity contribution is 0.234. The summed E-state index contributed by atoms with van der Waals surface area (Å²) >= 11 is 0. The summed E-state index contributed by atoms with van der Waals surface area (Å²) in [6.07, 6.45) is 0.